The van der Waals surface area contributed by atoms with E-state index in [0.717, 1.165) is 12.0 Å². The third kappa shape index (κ3) is 3.72. The fourth-order valence-corrected chi connectivity index (χ4v) is 2.68. The standard InChI is InChI=1S/C12H10N2O4S.Na.H2O/c15-19(16,11-5-2-7-13-14-11)18-10-4-1-3-9-6-8-17-12(9)10;;/h1-5,7H,6,8H2;;1H2. The molecule has 3 rings (SSSR count). The van der Waals surface area contributed by atoms with E-state index in [4.69, 9.17) is 8.92 Å². The predicted octanol–water partition coefficient (Wildman–Crippen LogP) is -0.0263. The van der Waals surface area contributed by atoms with E-state index < -0.39 is 10.1 Å². The molecule has 107 valence electrons. The molecule has 0 spiro atoms. The van der Waals surface area contributed by atoms with Gasteiger partial charge in [-0.25, -0.2) is 0 Å². The minimum absolute atomic E-state index is 0. The number of aromatic nitrogens is 2. The molecule has 7 nitrogen and oxygen atoms in total. The maximum absolute atomic E-state index is 12.0. The number of fused-ring (bicyclic) bond motifs is 1. The summed E-state index contributed by atoms with van der Waals surface area (Å²) in [6, 6.07) is 7.97. The number of para-hydroxylation sites is 1. The summed E-state index contributed by atoms with van der Waals surface area (Å²) in [7, 11) is -3.99. The van der Waals surface area contributed by atoms with Crippen molar-refractivity contribution in [3.8, 4) is 11.5 Å². The number of ether oxygens (including phenoxy) is 1. The molecule has 0 aliphatic carbocycles. The van der Waals surface area contributed by atoms with Crippen molar-refractivity contribution in [1.29, 1.82) is 0 Å². The van der Waals surface area contributed by atoms with Crippen molar-refractivity contribution in [2.75, 3.05) is 6.61 Å². The average molecular weight is 319 g/mol. The fourth-order valence-electron chi connectivity index (χ4n) is 1.83. The molecule has 0 saturated carbocycles. The Kier molecular flexibility index (Phi) is 6.11. The largest absolute Gasteiger partial charge is 0.489 e. The average Bonchev–Trinajstić information content (AvgIpc) is 2.89. The minimum Gasteiger partial charge on any atom is -0.489 e. The Labute approximate surface area is 144 Å². The number of benzene rings is 1. The third-order valence-electron chi connectivity index (χ3n) is 2.68. The second-order valence-electron chi connectivity index (χ2n) is 3.94. The van der Waals surface area contributed by atoms with Crippen molar-refractivity contribution in [2.45, 2.75) is 11.4 Å². The summed E-state index contributed by atoms with van der Waals surface area (Å²) in [5, 5.41) is 6.83. The van der Waals surface area contributed by atoms with E-state index in [-0.39, 0.29) is 45.8 Å². The van der Waals surface area contributed by atoms with E-state index in [2.05, 4.69) is 10.2 Å². The van der Waals surface area contributed by atoms with Crippen molar-refractivity contribution >= 4 is 39.7 Å². The summed E-state index contributed by atoms with van der Waals surface area (Å²) in [4.78, 5) is 0. The Morgan fingerprint density at radius 3 is 2.71 bits per heavy atom. The molecule has 2 aromatic rings. The minimum atomic E-state index is -3.99. The van der Waals surface area contributed by atoms with Crippen molar-refractivity contribution in [3.05, 3.63) is 42.1 Å². The van der Waals surface area contributed by atoms with Gasteiger partial charge in [-0.15, -0.1) is 5.10 Å². The van der Waals surface area contributed by atoms with Crippen LogP contribution in [0.4, 0.5) is 0 Å². The number of nitrogens with zero attached hydrogens (tertiary/aromatic N) is 2. The van der Waals surface area contributed by atoms with Crippen LogP contribution in [0.25, 0.3) is 0 Å². The zero-order valence-corrected chi connectivity index (χ0v) is 14.1. The zero-order chi connectivity index (χ0) is 13.3. The van der Waals surface area contributed by atoms with E-state index in [1.54, 1.807) is 12.1 Å². The van der Waals surface area contributed by atoms with Crippen LogP contribution >= 0.6 is 0 Å². The van der Waals surface area contributed by atoms with Gasteiger partial charge >= 0.3 is 10.1 Å². The molecule has 21 heavy (non-hydrogen) atoms. The summed E-state index contributed by atoms with van der Waals surface area (Å²) in [5.41, 5.74) is 0.937. The summed E-state index contributed by atoms with van der Waals surface area (Å²) in [6.07, 6.45) is 2.14. The van der Waals surface area contributed by atoms with E-state index in [1.165, 1.54) is 18.3 Å². The van der Waals surface area contributed by atoms with Crippen LogP contribution in [0.2, 0.25) is 0 Å². The predicted molar refractivity (Wildman–Crippen MR) is 74.9 cm³/mol. The first-order valence-electron chi connectivity index (χ1n) is 5.64. The summed E-state index contributed by atoms with van der Waals surface area (Å²) < 4.78 is 34.5. The SMILES string of the molecule is O.O=S(=O)(Oc1cccc2c1OCC2)c1cccnn1.[Na]. The summed E-state index contributed by atoms with van der Waals surface area (Å²) in [6.45, 7) is 0.529. The van der Waals surface area contributed by atoms with Crippen molar-refractivity contribution in [3.63, 3.8) is 0 Å². The van der Waals surface area contributed by atoms with Gasteiger partial charge in [0.05, 0.1) is 6.61 Å². The molecule has 2 heterocycles. The van der Waals surface area contributed by atoms with Gasteiger partial charge in [-0.05, 0) is 18.2 Å². The van der Waals surface area contributed by atoms with E-state index in [9.17, 15) is 8.42 Å². The van der Waals surface area contributed by atoms with Gasteiger partial charge in [-0.1, -0.05) is 12.1 Å². The number of hydrogen-bond donors (Lipinski definition) is 0. The molecule has 1 aromatic heterocycles. The maximum atomic E-state index is 12.0. The van der Waals surface area contributed by atoms with E-state index in [1.807, 2.05) is 6.07 Å². The molecule has 0 amide bonds. The smallest absolute Gasteiger partial charge is 0.358 e. The molecule has 9 heteroatoms. The van der Waals surface area contributed by atoms with Gasteiger partial charge in [0.2, 0.25) is 5.03 Å². The van der Waals surface area contributed by atoms with Gasteiger partial charge < -0.3 is 14.4 Å². The second-order valence-corrected chi connectivity index (χ2v) is 5.44. The van der Waals surface area contributed by atoms with Crippen LogP contribution in [0.3, 0.4) is 0 Å². The Balaban J connectivity index is 0.00000110. The summed E-state index contributed by atoms with van der Waals surface area (Å²) in [5.74, 6) is 0.663. The molecule has 1 aromatic carbocycles. The van der Waals surface area contributed by atoms with Crippen molar-refractivity contribution in [2.24, 2.45) is 0 Å². The van der Waals surface area contributed by atoms with E-state index >= 15 is 0 Å². The van der Waals surface area contributed by atoms with Crippen LogP contribution in [0.15, 0.2) is 41.6 Å². The number of hydrogen-bond acceptors (Lipinski definition) is 6. The van der Waals surface area contributed by atoms with Crippen LogP contribution in [0.1, 0.15) is 5.56 Å². The van der Waals surface area contributed by atoms with Crippen LogP contribution in [-0.4, -0.2) is 60.3 Å². The molecule has 0 fully saturated rings. The maximum Gasteiger partial charge on any atom is 0.358 e. The Bertz CT molecular complexity index is 709. The van der Waals surface area contributed by atoms with Gasteiger partial charge in [0.25, 0.3) is 0 Å². The first-order chi connectivity index (χ1) is 9.17. The topological polar surface area (TPSA) is 110 Å². The molecular weight excluding hydrogens is 307 g/mol. The first kappa shape index (κ1) is 17.9. The molecular formula is C12H12N2NaO5S. The second kappa shape index (κ2) is 7.19. The summed E-state index contributed by atoms with van der Waals surface area (Å²) >= 11 is 0. The Morgan fingerprint density at radius 2 is 2.00 bits per heavy atom. The Morgan fingerprint density at radius 1 is 1.19 bits per heavy atom. The first-order valence-corrected chi connectivity index (χ1v) is 7.04. The zero-order valence-electron chi connectivity index (χ0n) is 11.3. The third-order valence-corrected chi connectivity index (χ3v) is 3.81. The molecule has 0 atom stereocenters. The van der Waals surface area contributed by atoms with Crippen LogP contribution in [0, 0.1) is 0 Å². The normalized spacial score (nSPS) is 12.4. The van der Waals surface area contributed by atoms with Crippen molar-refractivity contribution in [1.82, 2.24) is 10.2 Å². The number of rotatable bonds is 3. The molecule has 0 bridgehead atoms. The van der Waals surface area contributed by atoms with Crippen LogP contribution in [0.5, 0.6) is 11.5 Å². The van der Waals surface area contributed by atoms with Gasteiger partial charge in [0.1, 0.15) is 0 Å². The van der Waals surface area contributed by atoms with Gasteiger partial charge in [-0.3, -0.25) is 0 Å². The van der Waals surface area contributed by atoms with Crippen molar-refractivity contribution < 1.29 is 22.8 Å². The quantitative estimate of drug-likeness (QED) is 0.580. The van der Waals surface area contributed by atoms with Gasteiger partial charge in [-0.2, -0.15) is 13.5 Å². The van der Waals surface area contributed by atoms with Crippen LogP contribution < -0.4 is 8.92 Å². The fraction of sp³-hybridized carbons (Fsp3) is 0.167. The molecule has 1 aliphatic heterocycles. The monoisotopic (exact) mass is 319 g/mol. The molecule has 1 radical (unpaired) electrons. The van der Waals surface area contributed by atoms with E-state index in [0.29, 0.717) is 12.4 Å². The molecule has 0 saturated heterocycles. The Hall–Kier alpha value is -1.19. The van der Waals surface area contributed by atoms with Crippen LogP contribution in [-0.2, 0) is 16.5 Å². The molecule has 1 aliphatic rings. The van der Waals surface area contributed by atoms with Gasteiger partial charge in [0.15, 0.2) is 11.5 Å². The molecule has 0 unspecified atom stereocenters. The van der Waals surface area contributed by atoms with Gasteiger partial charge in [0, 0.05) is 47.7 Å². The molecule has 2 N–H and O–H groups in total.